The van der Waals surface area contributed by atoms with E-state index in [2.05, 4.69) is 15.6 Å². The first kappa shape index (κ1) is 26.2. The first-order valence-electron chi connectivity index (χ1n) is 9.85. The zero-order valence-electron chi connectivity index (χ0n) is 16.7. The SMILES string of the molecule is CCNC(=NCCCOCC1CCOC1)NCCS(=O)(=O)N1CCSCC1.I. The fourth-order valence-corrected chi connectivity index (χ4v) is 5.41. The highest BCUT2D eigenvalue weighted by Gasteiger charge is 2.23. The predicted molar refractivity (Wildman–Crippen MR) is 126 cm³/mol. The number of hydrogen-bond donors (Lipinski definition) is 2. The van der Waals surface area contributed by atoms with Gasteiger partial charge in [-0.3, -0.25) is 4.99 Å². The van der Waals surface area contributed by atoms with E-state index in [-0.39, 0.29) is 29.7 Å². The molecule has 2 fully saturated rings. The number of aliphatic imine (C=N–C) groups is 1. The molecule has 2 heterocycles. The van der Waals surface area contributed by atoms with Gasteiger partial charge in [-0.15, -0.1) is 24.0 Å². The van der Waals surface area contributed by atoms with Crippen molar-refractivity contribution in [2.24, 2.45) is 10.9 Å². The summed E-state index contributed by atoms with van der Waals surface area (Å²) in [5.74, 6) is 3.05. The monoisotopic (exact) mass is 550 g/mol. The van der Waals surface area contributed by atoms with Crippen LogP contribution in [0.25, 0.3) is 0 Å². The number of nitrogens with zero attached hydrogens (tertiary/aromatic N) is 2. The number of ether oxygens (including phenoxy) is 2. The molecule has 166 valence electrons. The third-order valence-corrected chi connectivity index (χ3v) is 7.27. The molecule has 2 saturated heterocycles. The lowest BCUT2D eigenvalue weighted by molar-refractivity contribution is 0.0893. The van der Waals surface area contributed by atoms with Crippen molar-refractivity contribution in [3.05, 3.63) is 0 Å². The highest BCUT2D eigenvalue weighted by atomic mass is 127. The van der Waals surface area contributed by atoms with E-state index in [1.165, 1.54) is 0 Å². The van der Waals surface area contributed by atoms with Gasteiger partial charge in [-0.2, -0.15) is 11.8 Å². The lowest BCUT2D eigenvalue weighted by Crippen LogP contribution is -2.44. The zero-order chi connectivity index (χ0) is 19.4. The van der Waals surface area contributed by atoms with Crippen molar-refractivity contribution < 1.29 is 17.9 Å². The smallest absolute Gasteiger partial charge is 0.215 e. The Kier molecular flexibility index (Phi) is 14.1. The molecule has 0 aromatic rings. The molecule has 0 saturated carbocycles. The van der Waals surface area contributed by atoms with Gasteiger partial charge in [0.25, 0.3) is 0 Å². The fraction of sp³-hybridized carbons (Fsp3) is 0.941. The summed E-state index contributed by atoms with van der Waals surface area (Å²) < 4.78 is 37.3. The molecule has 0 bridgehead atoms. The maximum Gasteiger partial charge on any atom is 0.215 e. The highest BCUT2D eigenvalue weighted by molar-refractivity contribution is 14.0. The first-order valence-corrected chi connectivity index (χ1v) is 12.6. The van der Waals surface area contributed by atoms with Crippen molar-refractivity contribution in [2.45, 2.75) is 19.8 Å². The van der Waals surface area contributed by atoms with Crippen LogP contribution in [0.3, 0.4) is 0 Å². The van der Waals surface area contributed by atoms with Crippen molar-refractivity contribution in [3.63, 3.8) is 0 Å². The molecule has 8 nitrogen and oxygen atoms in total. The Hall–Kier alpha value is 0.180. The van der Waals surface area contributed by atoms with E-state index in [1.54, 1.807) is 16.1 Å². The number of rotatable bonds is 11. The molecule has 0 aromatic heterocycles. The molecule has 0 radical (unpaired) electrons. The molecule has 2 aliphatic rings. The van der Waals surface area contributed by atoms with E-state index in [0.717, 1.165) is 50.7 Å². The second kappa shape index (κ2) is 15.1. The molecule has 0 amide bonds. The molecular weight excluding hydrogens is 515 g/mol. The van der Waals surface area contributed by atoms with Gasteiger partial charge in [-0.25, -0.2) is 12.7 Å². The zero-order valence-corrected chi connectivity index (χ0v) is 20.7. The van der Waals surface area contributed by atoms with Gasteiger partial charge in [0.2, 0.25) is 10.0 Å². The second-order valence-electron chi connectivity index (χ2n) is 6.67. The van der Waals surface area contributed by atoms with E-state index >= 15 is 0 Å². The van der Waals surface area contributed by atoms with Gasteiger partial charge in [-0.05, 0) is 19.8 Å². The van der Waals surface area contributed by atoms with Crippen LogP contribution in [-0.2, 0) is 19.5 Å². The predicted octanol–water partition coefficient (Wildman–Crippen LogP) is 0.981. The van der Waals surface area contributed by atoms with Gasteiger partial charge < -0.3 is 20.1 Å². The Balaban J connectivity index is 0.00000392. The first-order chi connectivity index (χ1) is 13.1. The molecule has 11 heteroatoms. The number of hydrogen-bond acceptors (Lipinski definition) is 6. The molecule has 28 heavy (non-hydrogen) atoms. The Morgan fingerprint density at radius 2 is 2.11 bits per heavy atom. The molecule has 2 aliphatic heterocycles. The van der Waals surface area contributed by atoms with E-state index in [4.69, 9.17) is 9.47 Å². The van der Waals surface area contributed by atoms with Crippen molar-refractivity contribution in [1.82, 2.24) is 14.9 Å². The number of guanidine groups is 1. The summed E-state index contributed by atoms with van der Waals surface area (Å²) in [6, 6.07) is 0. The fourth-order valence-electron chi connectivity index (χ4n) is 2.92. The lowest BCUT2D eigenvalue weighted by Gasteiger charge is -2.25. The average Bonchev–Trinajstić information content (AvgIpc) is 3.18. The molecule has 2 N–H and O–H groups in total. The van der Waals surface area contributed by atoms with Crippen LogP contribution in [0, 0.1) is 5.92 Å². The maximum absolute atomic E-state index is 12.4. The van der Waals surface area contributed by atoms with Crippen molar-refractivity contribution >= 4 is 51.7 Å². The molecule has 1 unspecified atom stereocenters. The molecule has 0 aromatic carbocycles. The topological polar surface area (TPSA) is 92.3 Å². The van der Waals surface area contributed by atoms with Crippen LogP contribution in [0.2, 0.25) is 0 Å². The minimum atomic E-state index is -3.19. The summed E-state index contributed by atoms with van der Waals surface area (Å²) in [5.41, 5.74) is 0. The van der Waals surface area contributed by atoms with Crippen molar-refractivity contribution in [1.29, 1.82) is 0 Å². The summed E-state index contributed by atoms with van der Waals surface area (Å²) >= 11 is 1.80. The Morgan fingerprint density at radius 3 is 2.79 bits per heavy atom. The number of thioether (sulfide) groups is 1. The van der Waals surface area contributed by atoms with E-state index in [1.807, 2.05) is 6.92 Å². The van der Waals surface area contributed by atoms with Gasteiger partial charge in [0, 0.05) is 63.4 Å². The Bertz CT molecular complexity index is 539. The van der Waals surface area contributed by atoms with E-state index in [9.17, 15) is 8.42 Å². The number of halogens is 1. The molecular formula is C17H35IN4O4S2. The lowest BCUT2D eigenvalue weighted by atomic mass is 10.1. The molecule has 1 atom stereocenters. The van der Waals surface area contributed by atoms with Crippen molar-refractivity contribution in [2.75, 3.05) is 76.4 Å². The van der Waals surface area contributed by atoms with E-state index in [0.29, 0.717) is 44.7 Å². The molecule has 0 aliphatic carbocycles. The van der Waals surface area contributed by atoms with Crippen LogP contribution in [0.15, 0.2) is 4.99 Å². The summed E-state index contributed by atoms with van der Waals surface area (Å²) in [4.78, 5) is 4.49. The maximum atomic E-state index is 12.4. The summed E-state index contributed by atoms with van der Waals surface area (Å²) in [6.07, 6.45) is 1.93. The normalized spacial score (nSPS) is 21.3. The van der Waals surface area contributed by atoms with Gasteiger partial charge in [0.05, 0.1) is 19.0 Å². The van der Waals surface area contributed by atoms with Gasteiger partial charge in [0.1, 0.15) is 0 Å². The highest BCUT2D eigenvalue weighted by Crippen LogP contribution is 2.13. The van der Waals surface area contributed by atoms with Crippen molar-refractivity contribution in [3.8, 4) is 0 Å². The number of nitrogens with one attached hydrogen (secondary N) is 2. The van der Waals surface area contributed by atoms with Crippen LogP contribution in [0.5, 0.6) is 0 Å². The van der Waals surface area contributed by atoms with Crippen LogP contribution < -0.4 is 10.6 Å². The summed E-state index contributed by atoms with van der Waals surface area (Å²) in [5, 5.41) is 6.28. The Morgan fingerprint density at radius 1 is 1.32 bits per heavy atom. The largest absolute Gasteiger partial charge is 0.381 e. The minimum Gasteiger partial charge on any atom is -0.381 e. The molecule has 0 spiro atoms. The quantitative estimate of drug-likeness (QED) is 0.172. The minimum absolute atomic E-state index is 0. The van der Waals surface area contributed by atoms with Crippen LogP contribution in [0.4, 0.5) is 0 Å². The van der Waals surface area contributed by atoms with Crippen LogP contribution in [0.1, 0.15) is 19.8 Å². The molecule has 2 rings (SSSR count). The second-order valence-corrected chi connectivity index (χ2v) is 9.99. The van der Waals surface area contributed by atoms with Crippen LogP contribution >= 0.6 is 35.7 Å². The van der Waals surface area contributed by atoms with Gasteiger partial charge in [0.15, 0.2) is 5.96 Å². The third kappa shape index (κ3) is 10.3. The standard InChI is InChI=1S/C17H34N4O4S2.HI/c1-2-18-17(19-5-3-9-24-14-16-4-10-25-15-16)20-6-13-27(22,23)21-7-11-26-12-8-21;/h16H,2-15H2,1H3,(H2,18,19,20);1H. The van der Waals surface area contributed by atoms with Crippen LogP contribution in [-0.4, -0.2) is 95.1 Å². The average molecular weight is 551 g/mol. The van der Waals surface area contributed by atoms with E-state index < -0.39 is 10.0 Å². The van der Waals surface area contributed by atoms with Gasteiger partial charge in [-0.1, -0.05) is 0 Å². The number of sulfonamides is 1. The Labute approximate surface area is 191 Å². The third-order valence-electron chi connectivity index (χ3n) is 4.45. The summed E-state index contributed by atoms with van der Waals surface area (Å²) in [6.45, 7) is 8.07. The van der Waals surface area contributed by atoms with Gasteiger partial charge >= 0.3 is 0 Å². The summed E-state index contributed by atoms with van der Waals surface area (Å²) in [7, 11) is -3.19.